The highest BCUT2D eigenvalue weighted by molar-refractivity contribution is 7.92. The third-order valence-corrected chi connectivity index (χ3v) is 6.46. The van der Waals surface area contributed by atoms with E-state index in [1.807, 2.05) is 81.4 Å². The van der Waals surface area contributed by atoms with Gasteiger partial charge in [0.25, 0.3) is 0 Å². The maximum Gasteiger partial charge on any atom is 0.241 e. The summed E-state index contributed by atoms with van der Waals surface area (Å²) in [5.74, 6) is -0.377. The lowest BCUT2D eigenvalue weighted by Crippen LogP contribution is -2.41. The summed E-state index contributed by atoms with van der Waals surface area (Å²) in [4.78, 5) is 13.0. The number of hydrogen-bond donors (Lipinski definition) is 1. The average molecular weight is 437 g/mol. The van der Waals surface area contributed by atoms with Gasteiger partial charge in [-0.1, -0.05) is 66.2 Å². The molecule has 162 valence electrons. The predicted octanol–water partition coefficient (Wildman–Crippen LogP) is 4.28. The molecular formula is C25H28N2O3S. The number of benzene rings is 3. The van der Waals surface area contributed by atoms with E-state index in [0.29, 0.717) is 5.69 Å². The van der Waals surface area contributed by atoms with Crippen molar-refractivity contribution in [2.45, 2.75) is 26.8 Å². The second kappa shape index (κ2) is 9.35. The van der Waals surface area contributed by atoms with Gasteiger partial charge in [-0.15, -0.1) is 0 Å². The van der Waals surface area contributed by atoms with E-state index >= 15 is 0 Å². The van der Waals surface area contributed by atoms with Crippen LogP contribution in [0.1, 0.15) is 33.9 Å². The Labute approximate surface area is 184 Å². The Morgan fingerprint density at radius 2 is 1.48 bits per heavy atom. The molecule has 1 atom stereocenters. The van der Waals surface area contributed by atoms with Crippen LogP contribution in [0.3, 0.4) is 0 Å². The van der Waals surface area contributed by atoms with Crippen molar-refractivity contribution in [2.24, 2.45) is 0 Å². The Hall–Kier alpha value is -3.12. The molecule has 3 aromatic carbocycles. The fourth-order valence-corrected chi connectivity index (χ4v) is 4.23. The Bertz CT molecular complexity index is 1160. The summed E-state index contributed by atoms with van der Waals surface area (Å²) in [6.07, 6.45) is 1.12. The van der Waals surface area contributed by atoms with Gasteiger partial charge in [0.2, 0.25) is 15.9 Å². The molecule has 0 fully saturated rings. The highest BCUT2D eigenvalue weighted by Gasteiger charge is 2.24. The van der Waals surface area contributed by atoms with E-state index in [1.54, 1.807) is 12.1 Å². The molecule has 0 bridgehead atoms. The smallest absolute Gasteiger partial charge is 0.241 e. The fraction of sp³-hybridized carbons (Fsp3) is 0.240. The standard InChI is InChI=1S/C25H28N2O3S/c1-18-10-13-22(14-11-18)25(21-8-6-5-7-9-21)26-24(28)17-27(31(4,29)30)23-15-12-19(2)20(3)16-23/h5-16,25H,17H2,1-4H3,(H,26,28)/t25-/m1/s1. The monoisotopic (exact) mass is 436 g/mol. The molecule has 31 heavy (non-hydrogen) atoms. The van der Waals surface area contributed by atoms with E-state index in [-0.39, 0.29) is 18.5 Å². The van der Waals surface area contributed by atoms with Crippen molar-refractivity contribution >= 4 is 21.6 Å². The van der Waals surface area contributed by atoms with Crippen LogP contribution in [-0.2, 0) is 14.8 Å². The first kappa shape index (κ1) is 22.6. The van der Waals surface area contributed by atoms with Crippen molar-refractivity contribution in [3.05, 3.63) is 101 Å². The molecule has 1 amide bonds. The molecule has 1 N–H and O–H groups in total. The first-order valence-electron chi connectivity index (χ1n) is 10.1. The summed E-state index contributed by atoms with van der Waals surface area (Å²) in [5, 5.41) is 3.02. The molecule has 3 rings (SSSR count). The zero-order valence-corrected chi connectivity index (χ0v) is 19.1. The molecule has 0 heterocycles. The van der Waals surface area contributed by atoms with Crippen LogP contribution in [-0.4, -0.2) is 27.1 Å². The minimum absolute atomic E-state index is 0.295. The van der Waals surface area contributed by atoms with Crippen molar-refractivity contribution in [3.63, 3.8) is 0 Å². The zero-order valence-electron chi connectivity index (χ0n) is 18.3. The molecule has 0 aliphatic rings. The van der Waals surface area contributed by atoms with Gasteiger partial charge in [0.05, 0.1) is 18.0 Å². The van der Waals surface area contributed by atoms with Crippen LogP contribution in [0.15, 0.2) is 72.8 Å². The number of carbonyl (C=O) groups excluding carboxylic acids is 1. The second-order valence-corrected chi connectivity index (χ2v) is 9.77. The highest BCUT2D eigenvalue weighted by atomic mass is 32.2. The maximum absolute atomic E-state index is 13.0. The molecular weight excluding hydrogens is 408 g/mol. The summed E-state index contributed by atoms with van der Waals surface area (Å²) in [6.45, 7) is 5.59. The minimum Gasteiger partial charge on any atom is -0.344 e. The Kier molecular flexibility index (Phi) is 6.81. The van der Waals surface area contributed by atoms with E-state index in [2.05, 4.69) is 5.32 Å². The first-order valence-corrected chi connectivity index (χ1v) is 12.0. The van der Waals surface area contributed by atoms with Gasteiger partial charge < -0.3 is 5.32 Å². The second-order valence-electron chi connectivity index (χ2n) is 7.86. The van der Waals surface area contributed by atoms with Crippen molar-refractivity contribution in [2.75, 3.05) is 17.1 Å². The molecule has 0 aliphatic heterocycles. The van der Waals surface area contributed by atoms with E-state index in [1.165, 1.54) is 0 Å². The number of hydrogen-bond acceptors (Lipinski definition) is 3. The number of rotatable bonds is 7. The number of nitrogens with zero attached hydrogens (tertiary/aromatic N) is 1. The number of amides is 1. The fourth-order valence-electron chi connectivity index (χ4n) is 3.38. The molecule has 5 nitrogen and oxygen atoms in total. The van der Waals surface area contributed by atoms with Crippen LogP contribution in [0.5, 0.6) is 0 Å². The van der Waals surface area contributed by atoms with Crippen LogP contribution in [0.4, 0.5) is 5.69 Å². The van der Waals surface area contributed by atoms with Crippen LogP contribution in [0.25, 0.3) is 0 Å². The summed E-state index contributed by atoms with van der Waals surface area (Å²) in [6, 6.07) is 22.6. The number of carbonyl (C=O) groups is 1. The normalized spacial score (nSPS) is 12.3. The van der Waals surface area contributed by atoms with Gasteiger partial charge in [0.15, 0.2) is 0 Å². The third-order valence-electron chi connectivity index (χ3n) is 5.31. The number of aryl methyl sites for hydroxylation is 3. The largest absolute Gasteiger partial charge is 0.344 e. The molecule has 0 aliphatic carbocycles. The average Bonchev–Trinajstić information content (AvgIpc) is 2.73. The molecule has 6 heteroatoms. The van der Waals surface area contributed by atoms with Crippen LogP contribution >= 0.6 is 0 Å². The van der Waals surface area contributed by atoms with Gasteiger partial charge in [-0.2, -0.15) is 0 Å². The Morgan fingerprint density at radius 1 is 0.871 bits per heavy atom. The zero-order chi connectivity index (χ0) is 22.6. The Morgan fingerprint density at radius 3 is 2.06 bits per heavy atom. The van der Waals surface area contributed by atoms with E-state index in [9.17, 15) is 13.2 Å². The number of anilines is 1. The lowest BCUT2D eigenvalue weighted by molar-refractivity contribution is -0.120. The van der Waals surface area contributed by atoms with E-state index in [0.717, 1.165) is 38.4 Å². The SMILES string of the molecule is Cc1ccc([C@H](NC(=O)CN(c2ccc(C)c(C)c2)S(C)(=O)=O)c2ccccc2)cc1. The lowest BCUT2D eigenvalue weighted by Gasteiger charge is -2.25. The predicted molar refractivity (Wildman–Crippen MR) is 126 cm³/mol. The minimum atomic E-state index is -3.64. The highest BCUT2D eigenvalue weighted by Crippen LogP contribution is 2.24. The van der Waals surface area contributed by atoms with Crippen molar-refractivity contribution < 1.29 is 13.2 Å². The quantitative estimate of drug-likeness (QED) is 0.601. The topological polar surface area (TPSA) is 66.5 Å². The van der Waals surface area contributed by atoms with Gasteiger partial charge in [-0.25, -0.2) is 8.42 Å². The van der Waals surface area contributed by atoms with Crippen molar-refractivity contribution in [1.29, 1.82) is 0 Å². The molecule has 0 saturated carbocycles. The Balaban J connectivity index is 1.89. The number of nitrogens with one attached hydrogen (secondary N) is 1. The molecule has 3 aromatic rings. The molecule has 0 aromatic heterocycles. The summed E-state index contributed by atoms with van der Waals surface area (Å²) in [5.41, 5.74) is 5.49. The molecule has 0 spiro atoms. The summed E-state index contributed by atoms with van der Waals surface area (Å²) in [7, 11) is -3.64. The van der Waals surface area contributed by atoms with Gasteiger partial charge in [0, 0.05) is 0 Å². The maximum atomic E-state index is 13.0. The molecule has 0 saturated heterocycles. The van der Waals surface area contributed by atoms with Crippen molar-refractivity contribution in [1.82, 2.24) is 5.32 Å². The van der Waals surface area contributed by atoms with Gasteiger partial charge in [-0.3, -0.25) is 9.10 Å². The van der Waals surface area contributed by atoms with E-state index < -0.39 is 10.0 Å². The number of sulfonamides is 1. The first-order chi connectivity index (χ1) is 14.6. The van der Waals surface area contributed by atoms with E-state index in [4.69, 9.17) is 0 Å². The van der Waals surface area contributed by atoms with Gasteiger partial charge in [0.1, 0.15) is 6.54 Å². The summed E-state index contributed by atoms with van der Waals surface area (Å²) < 4.78 is 26.1. The van der Waals surface area contributed by atoms with Crippen LogP contribution in [0.2, 0.25) is 0 Å². The lowest BCUT2D eigenvalue weighted by atomic mass is 9.98. The van der Waals surface area contributed by atoms with Gasteiger partial charge in [-0.05, 0) is 55.2 Å². The van der Waals surface area contributed by atoms with Gasteiger partial charge >= 0.3 is 0 Å². The summed E-state index contributed by atoms with van der Waals surface area (Å²) >= 11 is 0. The van der Waals surface area contributed by atoms with Crippen LogP contribution < -0.4 is 9.62 Å². The molecule has 0 unspecified atom stereocenters. The molecule has 0 radical (unpaired) electrons. The van der Waals surface area contributed by atoms with Crippen LogP contribution in [0, 0.1) is 20.8 Å². The van der Waals surface area contributed by atoms with Crippen molar-refractivity contribution in [3.8, 4) is 0 Å². The third kappa shape index (κ3) is 5.73.